The van der Waals surface area contributed by atoms with Crippen molar-refractivity contribution in [2.24, 2.45) is 0 Å². The molecule has 0 aromatic carbocycles. The van der Waals surface area contributed by atoms with E-state index in [-0.39, 0.29) is 0 Å². The lowest BCUT2D eigenvalue weighted by molar-refractivity contribution is 0.470. The fraction of sp³-hybridized carbons (Fsp3) is 1.00. The lowest BCUT2D eigenvalue weighted by atomic mass is 10.1. The third-order valence-corrected chi connectivity index (χ3v) is 4.58. The summed E-state index contributed by atoms with van der Waals surface area (Å²) < 4.78 is 0. The molecule has 0 spiro atoms. The fourth-order valence-corrected chi connectivity index (χ4v) is 3.06. The molecule has 0 saturated carbocycles. The number of thiol groups is 1. The van der Waals surface area contributed by atoms with E-state index in [1.807, 2.05) is 0 Å². The van der Waals surface area contributed by atoms with Gasteiger partial charge in [-0.15, -0.1) is 0 Å². The van der Waals surface area contributed by atoms with E-state index in [9.17, 15) is 0 Å². The molecule has 0 aliphatic carbocycles. The second kappa shape index (κ2) is 11.8. The van der Waals surface area contributed by atoms with E-state index in [0.29, 0.717) is 6.16 Å². The fourth-order valence-electron chi connectivity index (χ4n) is 1.99. The molecule has 17 heavy (non-hydrogen) atoms. The van der Waals surface area contributed by atoms with Crippen LogP contribution in [0.25, 0.3) is 0 Å². The van der Waals surface area contributed by atoms with Gasteiger partial charge in [-0.05, 0) is 12.8 Å². The van der Waals surface area contributed by atoms with Gasteiger partial charge in [-0.2, -0.15) is 0 Å². The molecular weight excluding hydrogens is 251 g/mol. The molecule has 0 aromatic rings. The molecule has 0 aromatic heterocycles. The van der Waals surface area contributed by atoms with Crippen molar-refractivity contribution in [3.05, 3.63) is 0 Å². The zero-order valence-electron chi connectivity index (χ0n) is 11.3. The van der Waals surface area contributed by atoms with Crippen molar-refractivity contribution in [1.29, 1.82) is 0 Å². The van der Waals surface area contributed by atoms with Crippen LogP contribution in [0.2, 0.25) is 0 Å². The van der Waals surface area contributed by atoms with E-state index < -0.39 is 6.92 Å². The van der Waals surface area contributed by atoms with Gasteiger partial charge in [0.25, 0.3) is 0 Å². The molecule has 0 unspecified atom stereocenters. The molecule has 0 saturated heterocycles. The molecule has 0 aliphatic rings. The highest BCUT2D eigenvalue weighted by molar-refractivity contribution is 8.48. The Bertz CT molecular complexity index is 160. The van der Waals surface area contributed by atoms with E-state index in [4.69, 9.17) is 9.79 Å². The topological polar surface area (TPSA) is 40.5 Å². The van der Waals surface area contributed by atoms with Gasteiger partial charge in [-0.3, -0.25) is 0 Å². The summed E-state index contributed by atoms with van der Waals surface area (Å²) in [7, 11) is 0. The zero-order valence-corrected chi connectivity index (χ0v) is 13.1. The van der Waals surface area contributed by atoms with E-state index >= 15 is 0 Å². The molecule has 0 atom stereocenters. The molecule has 0 rings (SSSR count). The normalized spacial score (nSPS) is 12.0. The summed E-state index contributed by atoms with van der Waals surface area (Å²) in [4.78, 5) is 18.2. The summed E-state index contributed by atoms with van der Waals surface area (Å²) in [6.07, 6.45) is 14.6. The predicted octanol–water partition coefficient (Wildman–Crippen LogP) is 4.97. The van der Waals surface area contributed by atoms with Gasteiger partial charge >= 0.3 is 6.92 Å². The van der Waals surface area contributed by atoms with Crippen LogP contribution in [0.15, 0.2) is 0 Å². The van der Waals surface area contributed by atoms with Crippen molar-refractivity contribution < 1.29 is 9.79 Å². The van der Waals surface area contributed by atoms with Crippen LogP contribution in [-0.4, -0.2) is 15.9 Å². The molecule has 2 N–H and O–H groups in total. The molecule has 104 valence electrons. The van der Waals surface area contributed by atoms with E-state index in [2.05, 4.69) is 19.2 Å². The highest BCUT2D eigenvalue weighted by Gasteiger charge is 2.25. The highest BCUT2D eigenvalue weighted by atomic mass is 32.7. The molecule has 0 aliphatic heterocycles. The standard InChI is InChI=1S/C13H30O2PS/c1-2-3-4-5-6-7-8-9-10-11-12-13-16(14,15)17/h14-15,17H,2-13H2,1H3/q+1. The maximum Gasteiger partial charge on any atom is 0.323 e. The van der Waals surface area contributed by atoms with E-state index in [1.54, 1.807) is 0 Å². The lowest BCUT2D eigenvalue weighted by Crippen LogP contribution is -1.90. The molecular formula is C13H30O2PS+. The largest absolute Gasteiger partial charge is 0.323 e. The van der Waals surface area contributed by atoms with Crippen LogP contribution in [0.5, 0.6) is 0 Å². The minimum absolute atomic E-state index is 0.479. The third-order valence-electron chi connectivity index (χ3n) is 3.06. The zero-order chi connectivity index (χ0) is 13.0. The third kappa shape index (κ3) is 16.7. The van der Waals surface area contributed by atoms with Crippen LogP contribution in [0.3, 0.4) is 0 Å². The van der Waals surface area contributed by atoms with Gasteiger partial charge in [0, 0.05) is 0 Å². The summed E-state index contributed by atoms with van der Waals surface area (Å²) in [6, 6.07) is 0. The summed E-state index contributed by atoms with van der Waals surface area (Å²) in [5, 5.41) is 0. The smallest absolute Gasteiger partial charge is 0.208 e. The Kier molecular flexibility index (Phi) is 12.3. The minimum Gasteiger partial charge on any atom is -0.208 e. The average Bonchev–Trinajstić information content (AvgIpc) is 2.24. The maximum absolute atomic E-state index is 9.09. The van der Waals surface area contributed by atoms with Crippen LogP contribution in [-0.2, 0) is 0 Å². The van der Waals surface area contributed by atoms with E-state index in [1.165, 1.54) is 57.8 Å². The Morgan fingerprint density at radius 1 is 0.706 bits per heavy atom. The molecule has 0 heterocycles. The Morgan fingerprint density at radius 3 is 1.41 bits per heavy atom. The first kappa shape index (κ1) is 17.7. The molecule has 0 radical (unpaired) electrons. The van der Waals surface area contributed by atoms with Crippen LogP contribution >= 0.6 is 19.2 Å². The molecule has 4 heteroatoms. The molecule has 0 fully saturated rings. The monoisotopic (exact) mass is 281 g/mol. The van der Waals surface area contributed by atoms with Crippen molar-refractivity contribution in [2.75, 3.05) is 6.16 Å². The summed E-state index contributed by atoms with van der Waals surface area (Å²) in [5.74, 6) is 0. The lowest BCUT2D eigenvalue weighted by Gasteiger charge is -2.04. The number of hydrogen-bond donors (Lipinski definition) is 3. The van der Waals surface area contributed by atoms with Crippen molar-refractivity contribution >= 4 is 19.2 Å². The summed E-state index contributed by atoms with van der Waals surface area (Å²) in [6.45, 7) is -0.548. The second-order valence-electron chi connectivity index (χ2n) is 4.95. The number of rotatable bonds is 12. The molecule has 0 bridgehead atoms. The van der Waals surface area contributed by atoms with Crippen molar-refractivity contribution in [1.82, 2.24) is 0 Å². The maximum atomic E-state index is 9.09. The van der Waals surface area contributed by atoms with Crippen LogP contribution in [0.4, 0.5) is 0 Å². The molecule has 2 nitrogen and oxygen atoms in total. The first-order valence-electron chi connectivity index (χ1n) is 7.12. The first-order valence-corrected chi connectivity index (χ1v) is 10.2. The Hall–Kier alpha value is 0.700. The van der Waals surface area contributed by atoms with Gasteiger partial charge in [-0.25, -0.2) is 9.79 Å². The SMILES string of the molecule is CCCCCCCCCCCCC[P+](O)(O)S. The van der Waals surface area contributed by atoms with E-state index in [0.717, 1.165) is 12.8 Å². The minimum atomic E-state index is -2.80. The average molecular weight is 281 g/mol. The highest BCUT2D eigenvalue weighted by Crippen LogP contribution is 2.55. The Balaban J connectivity index is 2.99. The Labute approximate surface area is 113 Å². The van der Waals surface area contributed by atoms with Gasteiger partial charge < -0.3 is 0 Å². The van der Waals surface area contributed by atoms with Gasteiger partial charge in [0.1, 0.15) is 6.16 Å². The van der Waals surface area contributed by atoms with Crippen LogP contribution in [0, 0.1) is 0 Å². The second-order valence-corrected chi connectivity index (χ2v) is 8.71. The van der Waals surface area contributed by atoms with Gasteiger partial charge in [-0.1, -0.05) is 64.7 Å². The quantitative estimate of drug-likeness (QED) is 0.268. The van der Waals surface area contributed by atoms with Crippen molar-refractivity contribution in [3.63, 3.8) is 0 Å². The Morgan fingerprint density at radius 2 is 1.06 bits per heavy atom. The van der Waals surface area contributed by atoms with Crippen molar-refractivity contribution in [3.8, 4) is 0 Å². The number of hydrogen-bond acceptors (Lipinski definition) is 3. The van der Waals surface area contributed by atoms with Crippen LogP contribution < -0.4 is 0 Å². The number of unbranched alkanes of at least 4 members (excludes halogenated alkanes) is 10. The predicted molar refractivity (Wildman–Crippen MR) is 81.7 cm³/mol. The molecule has 0 amide bonds. The summed E-state index contributed by atoms with van der Waals surface area (Å²) in [5.41, 5.74) is 0. The van der Waals surface area contributed by atoms with Gasteiger partial charge in [0.2, 0.25) is 0 Å². The van der Waals surface area contributed by atoms with Crippen molar-refractivity contribution in [2.45, 2.75) is 77.6 Å². The summed E-state index contributed by atoms with van der Waals surface area (Å²) >= 11 is 3.78. The van der Waals surface area contributed by atoms with Gasteiger partial charge in [0.05, 0.1) is 12.2 Å². The van der Waals surface area contributed by atoms with Gasteiger partial charge in [0.15, 0.2) is 0 Å². The van der Waals surface area contributed by atoms with Crippen LogP contribution in [0.1, 0.15) is 77.6 Å². The first-order chi connectivity index (χ1) is 8.06.